The fourth-order valence-corrected chi connectivity index (χ4v) is 1.54. The third-order valence-corrected chi connectivity index (χ3v) is 2.44. The summed E-state index contributed by atoms with van der Waals surface area (Å²) in [7, 11) is 0. The van der Waals surface area contributed by atoms with Crippen molar-refractivity contribution in [1.82, 2.24) is 4.98 Å². The van der Waals surface area contributed by atoms with Crippen LogP contribution in [0.4, 0.5) is 5.69 Å². The summed E-state index contributed by atoms with van der Waals surface area (Å²) in [6, 6.07) is 8.09. The van der Waals surface area contributed by atoms with Gasteiger partial charge in [-0.25, -0.2) is 0 Å². The maximum absolute atomic E-state index is 11.8. The number of nitrogens with one attached hydrogen (secondary N) is 2. The molecule has 2 rings (SSSR count). The zero-order chi connectivity index (χ0) is 13.0. The van der Waals surface area contributed by atoms with Crippen molar-refractivity contribution in [1.29, 1.82) is 0 Å². The largest absolute Gasteiger partial charge is 0.392 e. The molecule has 5 heteroatoms. The molecule has 1 heterocycles. The van der Waals surface area contributed by atoms with E-state index in [1.165, 1.54) is 18.5 Å². The Bertz CT molecular complexity index is 619. The van der Waals surface area contributed by atoms with E-state index in [1.54, 1.807) is 24.3 Å². The highest BCUT2D eigenvalue weighted by Crippen LogP contribution is 2.11. The van der Waals surface area contributed by atoms with E-state index in [0.29, 0.717) is 11.3 Å². The van der Waals surface area contributed by atoms with E-state index >= 15 is 0 Å². The molecule has 2 aromatic rings. The average molecular weight is 244 g/mol. The number of aromatic amines is 1. The lowest BCUT2D eigenvalue weighted by Crippen LogP contribution is -2.20. The maximum Gasteiger partial charge on any atom is 0.261 e. The van der Waals surface area contributed by atoms with Gasteiger partial charge in [-0.2, -0.15) is 0 Å². The van der Waals surface area contributed by atoms with Gasteiger partial charge in [0.05, 0.1) is 6.61 Å². The molecule has 0 bridgehead atoms. The first-order valence-electron chi connectivity index (χ1n) is 5.39. The summed E-state index contributed by atoms with van der Waals surface area (Å²) in [5.41, 5.74) is 0.932. The predicted molar refractivity (Wildman–Crippen MR) is 67.4 cm³/mol. The number of rotatable bonds is 3. The Kier molecular flexibility index (Phi) is 3.54. The number of hydrogen-bond donors (Lipinski definition) is 3. The zero-order valence-corrected chi connectivity index (χ0v) is 9.51. The van der Waals surface area contributed by atoms with Gasteiger partial charge >= 0.3 is 0 Å². The molecular formula is C13H12N2O3. The van der Waals surface area contributed by atoms with E-state index < -0.39 is 5.91 Å². The van der Waals surface area contributed by atoms with Crippen molar-refractivity contribution in [2.45, 2.75) is 6.61 Å². The summed E-state index contributed by atoms with van der Waals surface area (Å²) < 4.78 is 0. The molecule has 0 aliphatic carbocycles. The Morgan fingerprint density at radius 3 is 2.89 bits per heavy atom. The molecule has 0 atom stereocenters. The average Bonchev–Trinajstić information content (AvgIpc) is 2.39. The van der Waals surface area contributed by atoms with Gasteiger partial charge in [0, 0.05) is 24.1 Å². The summed E-state index contributed by atoms with van der Waals surface area (Å²) in [4.78, 5) is 26.0. The molecule has 0 saturated carbocycles. The molecule has 0 unspecified atom stereocenters. The Labute approximate surface area is 103 Å². The first kappa shape index (κ1) is 12.1. The lowest BCUT2D eigenvalue weighted by atomic mass is 10.2. The molecule has 5 nitrogen and oxygen atoms in total. The third kappa shape index (κ3) is 2.64. The number of pyridine rings is 1. The van der Waals surface area contributed by atoms with Crippen LogP contribution in [0.5, 0.6) is 0 Å². The second kappa shape index (κ2) is 5.29. The van der Waals surface area contributed by atoms with Crippen LogP contribution in [0, 0.1) is 0 Å². The standard InChI is InChI=1S/C13H12N2O3/c16-8-9-2-1-3-10(6-9)15-13(18)11-7-14-5-4-12(11)17/h1-7,16H,8H2,(H,14,17)(H,15,18). The third-order valence-electron chi connectivity index (χ3n) is 2.44. The molecule has 0 fully saturated rings. The minimum Gasteiger partial charge on any atom is -0.392 e. The lowest BCUT2D eigenvalue weighted by molar-refractivity contribution is 0.102. The number of benzene rings is 1. The first-order chi connectivity index (χ1) is 8.70. The fourth-order valence-electron chi connectivity index (χ4n) is 1.54. The van der Waals surface area contributed by atoms with E-state index in [4.69, 9.17) is 5.11 Å². The van der Waals surface area contributed by atoms with Crippen LogP contribution in [0.3, 0.4) is 0 Å². The molecular weight excluding hydrogens is 232 g/mol. The first-order valence-corrected chi connectivity index (χ1v) is 5.39. The van der Waals surface area contributed by atoms with Crippen molar-refractivity contribution >= 4 is 11.6 Å². The summed E-state index contributed by atoms with van der Waals surface area (Å²) in [6.45, 7) is -0.102. The summed E-state index contributed by atoms with van der Waals surface area (Å²) >= 11 is 0. The van der Waals surface area contributed by atoms with Gasteiger partial charge in [0.25, 0.3) is 5.91 Å². The monoisotopic (exact) mass is 244 g/mol. The second-order valence-corrected chi connectivity index (χ2v) is 3.73. The Morgan fingerprint density at radius 2 is 2.17 bits per heavy atom. The van der Waals surface area contributed by atoms with Crippen molar-refractivity contribution in [3.8, 4) is 0 Å². The van der Waals surface area contributed by atoms with Crippen molar-refractivity contribution in [3.63, 3.8) is 0 Å². The molecule has 0 radical (unpaired) electrons. The van der Waals surface area contributed by atoms with Gasteiger partial charge in [0.1, 0.15) is 5.56 Å². The quantitative estimate of drug-likeness (QED) is 0.756. The van der Waals surface area contributed by atoms with Gasteiger partial charge in [-0.05, 0) is 17.7 Å². The molecule has 0 aliphatic rings. The highest BCUT2D eigenvalue weighted by Gasteiger charge is 2.09. The summed E-state index contributed by atoms with van der Waals surface area (Å²) in [5, 5.41) is 11.6. The number of hydrogen-bond acceptors (Lipinski definition) is 3. The van der Waals surface area contributed by atoms with Crippen molar-refractivity contribution in [2.75, 3.05) is 5.32 Å². The number of carbonyl (C=O) groups is 1. The number of aromatic nitrogens is 1. The molecule has 0 saturated heterocycles. The molecule has 92 valence electrons. The number of aliphatic hydroxyl groups is 1. The molecule has 1 aromatic carbocycles. The van der Waals surface area contributed by atoms with Gasteiger partial charge < -0.3 is 15.4 Å². The number of amides is 1. The Balaban J connectivity index is 2.21. The minimum absolute atomic E-state index is 0.0481. The van der Waals surface area contributed by atoms with Crippen LogP contribution in [-0.2, 0) is 6.61 Å². The van der Waals surface area contributed by atoms with Crippen LogP contribution >= 0.6 is 0 Å². The van der Waals surface area contributed by atoms with Gasteiger partial charge in [0.15, 0.2) is 5.43 Å². The molecule has 3 N–H and O–H groups in total. The second-order valence-electron chi connectivity index (χ2n) is 3.73. The number of H-pyrrole nitrogens is 1. The Hall–Kier alpha value is -2.40. The normalized spacial score (nSPS) is 10.1. The minimum atomic E-state index is -0.480. The number of carbonyl (C=O) groups excluding carboxylic acids is 1. The van der Waals surface area contributed by atoms with E-state index in [0.717, 1.165) is 0 Å². The van der Waals surface area contributed by atoms with Crippen LogP contribution in [0.25, 0.3) is 0 Å². The van der Waals surface area contributed by atoms with Gasteiger partial charge in [-0.3, -0.25) is 9.59 Å². The van der Waals surface area contributed by atoms with Gasteiger partial charge in [-0.15, -0.1) is 0 Å². The molecule has 0 spiro atoms. The van der Waals surface area contributed by atoms with E-state index in [9.17, 15) is 9.59 Å². The van der Waals surface area contributed by atoms with Crippen molar-refractivity contribution in [2.24, 2.45) is 0 Å². The van der Waals surface area contributed by atoms with Crippen LogP contribution < -0.4 is 10.7 Å². The van der Waals surface area contributed by atoms with E-state index in [2.05, 4.69) is 10.3 Å². The smallest absolute Gasteiger partial charge is 0.261 e. The van der Waals surface area contributed by atoms with E-state index in [-0.39, 0.29) is 17.6 Å². The highest BCUT2D eigenvalue weighted by molar-refractivity contribution is 6.03. The fraction of sp³-hybridized carbons (Fsp3) is 0.0769. The predicted octanol–water partition coefficient (Wildman–Crippen LogP) is 1.12. The van der Waals surface area contributed by atoms with Crippen LogP contribution in [-0.4, -0.2) is 16.0 Å². The summed E-state index contributed by atoms with van der Waals surface area (Å²) in [6.07, 6.45) is 2.82. The van der Waals surface area contributed by atoms with E-state index in [1.807, 2.05) is 0 Å². The molecule has 1 aromatic heterocycles. The topological polar surface area (TPSA) is 82.2 Å². The number of aliphatic hydroxyl groups excluding tert-OH is 1. The Morgan fingerprint density at radius 1 is 1.33 bits per heavy atom. The van der Waals surface area contributed by atoms with Crippen LogP contribution in [0.1, 0.15) is 15.9 Å². The molecule has 18 heavy (non-hydrogen) atoms. The lowest BCUT2D eigenvalue weighted by Gasteiger charge is -2.05. The zero-order valence-electron chi connectivity index (χ0n) is 9.51. The number of anilines is 1. The van der Waals surface area contributed by atoms with Gasteiger partial charge in [-0.1, -0.05) is 12.1 Å². The highest BCUT2D eigenvalue weighted by atomic mass is 16.3. The van der Waals surface area contributed by atoms with Crippen LogP contribution in [0.2, 0.25) is 0 Å². The molecule has 0 aliphatic heterocycles. The summed E-state index contributed by atoms with van der Waals surface area (Å²) in [5.74, 6) is -0.480. The van der Waals surface area contributed by atoms with Crippen molar-refractivity contribution in [3.05, 3.63) is 64.1 Å². The van der Waals surface area contributed by atoms with Crippen molar-refractivity contribution < 1.29 is 9.90 Å². The van der Waals surface area contributed by atoms with Crippen LogP contribution in [0.15, 0.2) is 47.5 Å². The SMILES string of the molecule is O=C(Nc1cccc(CO)c1)c1c[nH]ccc1=O. The molecule has 1 amide bonds. The van der Waals surface area contributed by atoms with Gasteiger partial charge in [0.2, 0.25) is 0 Å². The maximum atomic E-state index is 11.8.